The Bertz CT molecular complexity index is 547. The van der Waals surface area contributed by atoms with E-state index in [1.54, 1.807) is 13.4 Å². The number of benzene rings is 1. The highest BCUT2D eigenvalue weighted by molar-refractivity contribution is 5.66. The van der Waals surface area contributed by atoms with Gasteiger partial charge in [0.05, 0.1) is 7.11 Å². The van der Waals surface area contributed by atoms with Crippen LogP contribution in [0.2, 0.25) is 0 Å². The van der Waals surface area contributed by atoms with Crippen LogP contribution in [0.4, 0.5) is 0 Å². The summed E-state index contributed by atoms with van der Waals surface area (Å²) >= 11 is 0. The Kier molecular flexibility index (Phi) is 3.67. The van der Waals surface area contributed by atoms with Gasteiger partial charge >= 0.3 is 0 Å². The molecule has 0 amide bonds. The highest BCUT2D eigenvalue weighted by atomic mass is 16.5. The number of rotatable bonds is 4. The van der Waals surface area contributed by atoms with Gasteiger partial charge in [0.15, 0.2) is 5.89 Å². The summed E-state index contributed by atoms with van der Waals surface area (Å²) in [6.45, 7) is 4.64. The molecule has 0 unspecified atom stereocenters. The van der Waals surface area contributed by atoms with Gasteiger partial charge in [-0.2, -0.15) is 0 Å². The molecule has 2 aromatic rings. The largest absolute Gasteiger partial charge is 0.496 e. The molecule has 0 saturated carbocycles. The van der Waals surface area contributed by atoms with Gasteiger partial charge in [0, 0.05) is 18.5 Å². The minimum Gasteiger partial charge on any atom is -0.496 e. The smallest absolute Gasteiger partial charge is 0.195 e. The van der Waals surface area contributed by atoms with Crippen molar-refractivity contribution in [2.24, 2.45) is 5.73 Å². The van der Waals surface area contributed by atoms with Crippen molar-refractivity contribution in [1.29, 1.82) is 0 Å². The molecule has 1 heterocycles. The third-order valence-electron chi connectivity index (χ3n) is 3.14. The molecule has 4 nitrogen and oxygen atoms in total. The zero-order valence-electron chi connectivity index (χ0n) is 11.0. The maximum Gasteiger partial charge on any atom is 0.195 e. The molecule has 0 fully saturated rings. The van der Waals surface area contributed by atoms with E-state index in [9.17, 15) is 0 Å². The van der Waals surface area contributed by atoms with Crippen LogP contribution in [0, 0.1) is 13.8 Å². The first-order chi connectivity index (χ1) is 8.67. The van der Waals surface area contributed by atoms with Gasteiger partial charge < -0.3 is 14.9 Å². The first-order valence-electron chi connectivity index (χ1n) is 5.96. The summed E-state index contributed by atoms with van der Waals surface area (Å²) in [4.78, 5) is 4.44. The second-order valence-electron chi connectivity index (χ2n) is 4.23. The van der Waals surface area contributed by atoms with Crippen molar-refractivity contribution in [3.63, 3.8) is 0 Å². The Balaban J connectivity index is 2.41. The molecule has 0 atom stereocenters. The van der Waals surface area contributed by atoms with Crippen LogP contribution in [-0.4, -0.2) is 18.6 Å². The molecular formula is C14H18N2O2. The fourth-order valence-corrected chi connectivity index (χ4v) is 1.97. The molecule has 0 radical (unpaired) electrons. The summed E-state index contributed by atoms with van der Waals surface area (Å²) in [5, 5.41) is 0. The zero-order chi connectivity index (χ0) is 13.1. The molecule has 0 aliphatic heterocycles. The molecule has 0 aliphatic rings. The number of oxazole rings is 1. The van der Waals surface area contributed by atoms with Crippen molar-refractivity contribution in [1.82, 2.24) is 4.98 Å². The lowest BCUT2D eigenvalue weighted by molar-refractivity contribution is 0.411. The molecule has 4 heteroatoms. The molecule has 1 aromatic heterocycles. The van der Waals surface area contributed by atoms with Crippen molar-refractivity contribution in [2.75, 3.05) is 13.7 Å². The van der Waals surface area contributed by atoms with Crippen molar-refractivity contribution in [3.8, 4) is 17.0 Å². The highest BCUT2D eigenvalue weighted by Gasteiger charge is 2.12. The first kappa shape index (κ1) is 12.6. The third-order valence-corrected chi connectivity index (χ3v) is 3.14. The highest BCUT2D eigenvalue weighted by Crippen LogP contribution is 2.30. The lowest BCUT2D eigenvalue weighted by atomic mass is 10.0. The van der Waals surface area contributed by atoms with E-state index in [-0.39, 0.29) is 0 Å². The average molecular weight is 246 g/mol. The minimum atomic E-state index is 0.542. The fraction of sp³-hybridized carbons (Fsp3) is 0.357. The number of hydrogen-bond acceptors (Lipinski definition) is 4. The van der Waals surface area contributed by atoms with Crippen molar-refractivity contribution in [2.45, 2.75) is 20.3 Å². The number of aromatic nitrogens is 1. The lowest BCUT2D eigenvalue weighted by Crippen LogP contribution is -2.02. The van der Waals surface area contributed by atoms with Crippen molar-refractivity contribution < 1.29 is 9.15 Å². The van der Waals surface area contributed by atoms with E-state index in [4.69, 9.17) is 14.9 Å². The number of ether oxygens (including phenoxy) is 1. The van der Waals surface area contributed by atoms with Gasteiger partial charge in [-0.3, -0.25) is 0 Å². The van der Waals surface area contributed by atoms with Crippen LogP contribution in [0.25, 0.3) is 11.3 Å². The van der Waals surface area contributed by atoms with Gasteiger partial charge in [0.2, 0.25) is 0 Å². The van der Waals surface area contributed by atoms with Crippen LogP contribution in [-0.2, 0) is 6.42 Å². The summed E-state index contributed by atoms with van der Waals surface area (Å²) in [6, 6.07) is 3.96. The molecule has 2 N–H and O–H groups in total. The number of methoxy groups -OCH3 is 1. The van der Waals surface area contributed by atoms with Gasteiger partial charge in [-0.25, -0.2) is 4.98 Å². The predicted octanol–water partition coefficient (Wildman–Crippen LogP) is 2.47. The third kappa shape index (κ3) is 2.24. The van der Waals surface area contributed by atoms with Crippen LogP contribution < -0.4 is 10.5 Å². The molecule has 0 bridgehead atoms. The van der Waals surface area contributed by atoms with Gasteiger partial charge in [0.1, 0.15) is 17.7 Å². The fourth-order valence-electron chi connectivity index (χ4n) is 1.97. The van der Waals surface area contributed by atoms with Gasteiger partial charge in [-0.05, 0) is 37.1 Å². The number of nitrogens with two attached hydrogens (primary N) is 1. The monoisotopic (exact) mass is 246 g/mol. The van der Waals surface area contributed by atoms with E-state index in [0.29, 0.717) is 18.9 Å². The molecule has 0 aliphatic carbocycles. The standard InChI is InChI=1S/C14H18N2O2/c1-9-10(2)13(17-3)5-4-11(9)12-8-18-14(16-12)6-7-15/h4-5,8H,6-7,15H2,1-3H3. The van der Waals surface area contributed by atoms with Gasteiger partial charge in [-0.15, -0.1) is 0 Å². The van der Waals surface area contributed by atoms with E-state index in [1.807, 2.05) is 19.1 Å². The predicted molar refractivity (Wildman–Crippen MR) is 70.7 cm³/mol. The van der Waals surface area contributed by atoms with Crippen LogP contribution >= 0.6 is 0 Å². The van der Waals surface area contributed by atoms with Crippen LogP contribution in [0.5, 0.6) is 5.75 Å². The summed E-state index contributed by atoms with van der Waals surface area (Å²) < 4.78 is 10.7. The summed E-state index contributed by atoms with van der Waals surface area (Å²) in [5.41, 5.74) is 9.68. The van der Waals surface area contributed by atoms with Crippen molar-refractivity contribution >= 4 is 0 Å². The summed E-state index contributed by atoms with van der Waals surface area (Å²) in [7, 11) is 1.68. The van der Waals surface area contributed by atoms with Crippen LogP contribution in [0.15, 0.2) is 22.8 Å². The Morgan fingerprint density at radius 3 is 2.72 bits per heavy atom. The molecule has 0 saturated heterocycles. The zero-order valence-corrected chi connectivity index (χ0v) is 11.0. The Morgan fingerprint density at radius 2 is 2.06 bits per heavy atom. The summed E-state index contributed by atoms with van der Waals surface area (Å²) in [6.07, 6.45) is 2.34. The Morgan fingerprint density at radius 1 is 1.28 bits per heavy atom. The van der Waals surface area contributed by atoms with E-state index >= 15 is 0 Å². The maximum atomic E-state index is 5.48. The minimum absolute atomic E-state index is 0.542. The second kappa shape index (κ2) is 5.23. The quantitative estimate of drug-likeness (QED) is 0.900. The Labute approximate surface area is 107 Å². The van der Waals surface area contributed by atoms with E-state index < -0.39 is 0 Å². The molecule has 1 aromatic carbocycles. The van der Waals surface area contributed by atoms with E-state index in [1.165, 1.54) is 0 Å². The van der Waals surface area contributed by atoms with Crippen molar-refractivity contribution in [3.05, 3.63) is 35.4 Å². The summed E-state index contributed by atoms with van der Waals surface area (Å²) in [5.74, 6) is 1.57. The van der Waals surface area contributed by atoms with Gasteiger partial charge in [-0.1, -0.05) is 0 Å². The average Bonchev–Trinajstić information content (AvgIpc) is 2.81. The number of hydrogen-bond donors (Lipinski definition) is 1. The normalized spacial score (nSPS) is 10.7. The lowest BCUT2D eigenvalue weighted by Gasteiger charge is -2.10. The molecule has 18 heavy (non-hydrogen) atoms. The van der Waals surface area contributed by atoms with Crippen LogP contribution in [0.3, 0.4) is 0 Å². The molecule has 2 rings (SSSR count). The van der Waals surface area contributed by atoms with Crippen LogP contribution in [0.1, 0.15) is 17.0 Å². The second-order valence-corrected chi connectivity index (χ2v) is 4.23. The van der Waals surface area contributed by atoms with E-state index in [2.05, 4.69) is 11.9 Å². The van der Waals surface area contributed by atoms with Gasteiger partial charge in [0.25, 0.3) is 0 Å². The SMILES string of the molecule is COc1ccc(-c2coc(CCN)n2)c(C)c1C. The maximum absolute atomic E-state index is 5.48. The molecular weight excluding hydrogens is 228 g/mol. The Hall–Kier alpha value is -1.81. The van der Waals surface area contributed by atoms with E-state index in [0.717, 1.165) is 28.1 Å². The molecule has 0 spiro atoms. The first-order valence-corrected chi connectivity index (χ1v) is 5.96. The molecule has 96 valence electrons. The topological polar surface area (TPSA) is 61.3 Å². The number of nitrogens with zero attached hydrogens (tertiary/aromatic N) is 1.